The Balaban J connectivity index is 1.38. The molecular weight excluding hydrogens is 396 g/mol. The third-order valence-corrected chi connectivity index (χ3v) is 6.11. The third-order valence-electron chi connectivity index (χ3n) is 6.11. The molecule has 3 aliphatic heterocycles. The Kier molecular flexibility index (Phi) is 4.63. The highest BCUT2D eigenvalue weighted by molar-refractivity contribution is 6.05. The number of anilines is 2. The van der Waals surface area contributed by atoms with Crippen LogP contribution in [0.5, 0.6) is 0 Å². The molecule has 0 aliphatic carbocycles. The summed E-state index contributed by atoms with van der Waals surface area (Å²) < 4.78 is 11.2. The number of ether oxygens (including phenoxy) is 2. The van der Waals surface area contributed by atoms with E-state index in [0.29, 0.717) is 17.8 Å². The lowest BCUT2D eigenvalue weighted by atomic mass is 9.76. The molecule has 0 aromatic heterocycles. The number of nitrogens with zero attached hydrogens (tertiary/aromatic N) is 1. The average Bonchev–Trinajstić information content (AvgIpc) is 3.43. The highest BCUT2D eigenvalue weighted by atomic mass is 16.5. The molecule has 0 saturated carbocycles. The van der Waals surface area contributed by atoms with Crippen LogP contribution >= 0.6 is 0 Å². The van der Waals surface area contributed by atoms with Crippen molar-refractivity contribution in [3.63, 3.8) is 0 Å². The van der Waals surface area contributed by atoms with Crippen LogP contribution in [0.2, 0.25) is 0 Å². The summed E-state index contributed by atoms with van der Waals surface area (Å²) in [4.78, 5) is 40.2. The second-order valence-corrected chi connectivity index (χ2v) is 7.95. The number of hydrogen-bond donors (Lipinski definition) is 1. The van der Waals surface area contributed by atoms with E-state index in [0.717, 1.165) is 5.69 Å². The normalized spacial score (nSPS) is 28.0. The van der Waals surface area contributed by atoms with E-state index < -0.39 is 29.5 Å². The highest BCUT2D eigenvalue weighted by Crippen LogP contribution is 2.52. The van der Waals surface area contributed by atoms with Crippen LogP contribution in [0.15, 0.2) is 66.7 Å². The van der Waals surface area contributed by atoms with Gasteiger partial charge in [0.1, 0.15) is 5.60 Å². The van der Waals surface area contributed by atoms with E-state index in [2.05, 4.69) is 5.32 Å². The monoisotopic (exact) mass is 418 g/mol. The zero-order valence-electron chi connectivity index (χ0n) is 17.0. The Morgan fingerprint density at radius 3 is 2.77 bits per heavy atom. The summed E-state index contributed by atoms with van der Waals surface area (Å²) in [7, 11) is 0. The Morgan fingerprint density at radius 2 is 2.00 bits per heavy atom. The van der Waals surface area contributed by atoms with E-state index in [-0.39, 0.29) is 18.4 Å². The van der Waals surface area contributed by atoms with E-state index in [9.17, 15) is 14.4 Å². The van der Waals surface area contributed by atoms with Crippen molar-refractivity contribution >= 4 is 29.2 Å². The van der Waals surface area contributed by atoms with Crippen LogP contribution in [0.1, 0.15) is 17.3 Å². The summed E-state index contributed by atoms with van der Waals surface area (Å²) in [6.45, 7) is 2.39. The van der Waals surface area contributed by atoms with Crippen molar-refractivity contribution in [1.29, 1.82) is 0 Å². The molecule has 0 unspecified atom stereocenters. The number of carbonyl (C=O) groups is 3. The quantitative estimate of drug-likeness (QED) is 0.596. The van der Waals surface area contributed by atoms with E-state index >= 15 is 0 Å². The molecule has 7 nitrogen and oxygen atoms in total. The second-order valence-electron chi connectivity index (χ2n) is 7.95. The molecule has 158 valence electrons. The molecule has 0 radical (unpaired) electrons. The molecule has 3 heterocycles. The zero-order chi connectivity index (χ0) is 21.6. The third kappa shape index (κ3) is 3.13. The number of nitrogens with one attached hydrogen (secondary N) is 1. The van der Waals surface area contributed by atoms with Gasteiger partial charge in [-0.05, 0) is 37.3 Å². The van der Waals surface area contributed by atoms with Gasteiger partial charge in [0, 0.05) is 11.4 Å². The van der Waals surface area contributed by atoms with Crippen LogP contribution in [0.3, 0.4) is 0 Å². The lowest BCUT2D eigenvalue weighted by molar-refractivity contribution is -0.128. The van der Waals surface area contributed by atoms with Crippen molar-refractivity contribution in [2.75, 3.05) is 23.4 Å². The number of carbonyl (C=O) groups excluding carboxylic acids is 3. The number of esters is 1. The van der Waals surface area contributed by atoms with Crippen LogP contribution in [-0.4, -0.2) is 42.6 Å². The van der Waals surface area contributed by atoms with E-state index in [1.807, 2.05) is 42.5 Å². The Labute approximate surface area is 179 Å². The number of benzene rings is 2. The van der Waals surface area contributed by atoms with Crippen molar-refractivity contribution in [3.8, 4) is 0 Å². The van der Waals surface area contributed by atoms with Gasteiger partial charge in [-0.2, -0.15) is 0 Å². The van der Waals surface area contributed by atoms with Crippen LogP contribution in [-0.2, 0) is 19.1 Å². The van der Waals surface area contributed by atoms with E-state index in [4.69, 9.17) is 9.47 Å². The van der Waals surface area contributed by atoms with Crippen molar-refractivity contribution in [3.05, 3.63) is 72.3 Å². The van der Waals surface area contributed by atoms with Gasteiger partial charge < -0.3 is 19.7 Å². The average molecular weight is 418 g/mol. The van der Waals surface area contributed by atoms with Gasteiger partial charge in [0.25, 0.3) is 0 Å². The first-order valence-electron chi connectivity index (χ1n) is 10.3. The van der Waals surface area contributed by atoms with Gasteiger partial charge in [0.05, 0.1) is 36.7 Å². The van der Waals surface area contributed by atoms with Crippen LogP contribution < -0.4 is 10.2 Å². The SMILES string of the molecule is CCOC(=O)c1cccc(NC(=O)[C@@H]2[C@H]3C=C[C@]4(CN(c5ccccc5)C(=O)[C@@H]24)O3)c1. The maximum atomic E-state index is 13.3. The molecule has 4 atom stereocenters. The predicted octanol–water partition coefficient (Wildman–Crippen LogP) is 2.79. The van der Waals surface area contributed by atoms with Gasteiger partial charge in [0.2, 0.25) is 11.8 Å². The Morgan fingerprint density at radius 1 is 1.19 bits per heavy atom. The fourth-order valence-electron chi connectivity index (χ4n) is 4.79. The predicted molar refractivity (Wildman–Crippen MR) is 114 cm³/mol. The van der Waals surface area contributed by atoms with Crippen molar-refractivity contribution in [2.24, 2.45) is 11.8 Å². The first-order valence-corrected chi connectivity index (χ1v) is 10.3. The summed E-state index contributed by atoms with van der Waals surface area (Å²) in [5.41, 5.74) is 0.832. The molecular formula is C24H22N2O5. The molecule has 2 bridgehead atoms. The van der Waals surface area contributed by atoms with Crippen molar-refractivity contribution < 1.29 is 23.9 Å². The van der Waals surface area contributed by atoms with Crippen LogP contribution in [0, 0.1) is 11.8 Å². The first kappa shape index (κ1) is 19.5. The van der Waals surface area contributed by atoms with Crippen molar-refractivity contribution in [1.82, 2.24) is 0 Å². The number of amides is 2. The molecule has 2 amide bonds. The largest absolute Gasteiger partial charge is 0.462 e. The van der Waals surface area contributed by atoms with E-state index in [1.165, 1.54) is 0 Å². The maximum absolute atomic E-state index is 13.3. The molecule has 31 heavy (non-hydrogen) atoms. The second kappa shape index (κ2) is 7.35. The first-order chi connectivity index (χ1) is 15.0. The van der Waals surface area contributed by atoms with E-state index in [1.54, 1.807) is 36.1 Å². The van der Waals surface area contributed by atoms with Crippen LogP contribution in [0.4, 0.5) is 11.4 Å². The minimum absolute atomic E-state index is 0.113. The van der Waals surface area contributed by atoms with Crippen molar-refractivity contribution in [2.45, 2.75) is 18.6 Å². The van der Waals surface area contributed by atoms with Gasteiger partial charge in [-0.1, -0.05) is 36.4 Å². The molecule has 2 saturated heterocycles. The summed E-state index contributed by atoms with van der Waals surface area (Å²) in [6.07, 6.45) is 3.35. The summed E-state index contributed by atoms with van der Waals surface area (Å²) in [6, 6.07) is 16.0. The summed E-state index contributed by atoms with van der Waals surface area (Å²) in [5.74, 6) is -2.09. The number of fused-ring (bicyclic) bond motifs is 1. The highest BCUT2D eigenvalue weighted by Gasteiger charge is 2.67. The number of para-hydroxylation sites is 1. The maximum Gasteiger partial charge on any atom is 0.338 e. The van der Waals surface area contributed by atoms with Gasteiger partial charge in [0.15, 0.2) is 0 Å². The standard InChI is InChI=1S/C24H22N2O5/c1-2-30-23(29)15-7-6-8-16(13-15)25-21(27)19-18-11-12-24(31-18)14-26(22(28)20(19)24)17-9-4-3-5-10-17/h3-13,18-20H,2,14H2,1H3,(H,25,27)/t18-,19-,20-,24-/m1/s1. The topological polar surface area (TPSA) is 84.9 Å². The zero-order valence-corrected chi connectivity index (χ0v) is 17.0. The van der Waals surface area contributed by atoms with Gasteiger partial charge in [-0.3, -0.25) is 9.59 Å². The lowest BCUT2D eigenvalue weighted by Crippen LogP contribution is -2.41. The minimum atomic E-state index is -0.785. The number of rotatable bonds is 5. The molecule has 7 heteroatoms. The number of hydrogen-bond acceptors (Lipinski definition) is 5. The van der Waals surface area contributed by atoms with Gasteiger partial charge in [-0.25, -0.2) is 4.79 Å². The molecule has 1 N–H and O–H groups in total. The van der Waals surface area contributed by atoms with Gasteiger partial charge >= 0.3 is 5.97 Å². The minimum Gasteiger partial charge on any atom is -0.462 e. The fraction of sp³-hybridized carbons (Fsp3) is 0.292. The Bertz CT molecular complexity index is 1080. The summed E-state index contributed by atoms with van der Waals surface area (Å²) >= 11 is 0. The smallest absolute Gasteiger partial charge is 0.338 e. The molecule has 5 rings (SSSR count). The molecule has 2 aromatic rings. The lowest BCUT2D eigenvalue weighted by Gasteiger charge is -2.23. The molecule has 3 aliphatic rings. The fourth-order valence-corrected chi connectivity index (χ4v) is 4.79. The van der Waals surface area contributed by atoms with Crippen LogP contribution in [0.25, 0.3) is 0 Å². The molecule has 2 aromatic carbocycles. The molecule has 1 spiro atoms. The van der Waals surface area contributed by atoms with Gasteiger partial charge in [-0.15, -0.1) is 0 Å². The summed E-state index contributed by atoms with van der Waals surface area (Å²) in [5, 5.41) is 2.86. The molecule has 2 fully saturated rings. The Hall–Kier alpha value is -3.45.